The van der Waals surface area contributed by atoms with E-state index in [2.05, 4.69) is 15.6 Å². The summed E-state index contributed by atoms with van der Waals surface area (Å²) in [4.78, 5) is 27.8. The molecule has 0 aliphatic rings. The molecular weight excluding hydrogens is 320 g/mol. The number of benzene rings is 1. The molecule has 2 aromatic rings. The Morgan fingerprint density at radius 1 is 1.35 bits per heavy atom. The molecule has 0 fully saturated rings. The van der Waals surface area contributed by atoms with Crippen LogP contribution in [0.15, 0.2) is 30.6 Å². The molecule has 0 unspecified atom stereocenters. The average molecular weight is 337 g/mol. The first-order valence-electron chi connectivity index (χ1n) is 6.91. The lowest BCUT2D eigenvalue weighted by Crippen LogP contribution is -2.37. The molecule has 1 aromatic heterocycles. The summed E-state index contributed by atoms with van der Waals surface area (Å²) in [6, 6.07) is 4.75. The van der Waals surface area contributed by atoms with Crippen molar-refractivity contribution in [2.75, 3.05) is 19.0 Å². The Bertz CT molecular complexity index is 714. The van der Waals surface area contributed by atoms with Crippen LogP contribution in [0.3, 0.4) is 0 Å². The van der Waals surface area contributed by atoms with Crippen LogP contribution in [0.1, 0.15) is 5.82 Å². The van der Waals surface area contributed by atoms with Crippen molar-refractivity contribution in [3.63, 3.8) is 0 Å². The monoisotopic (exact) mass is 336 g/mol. The normalized spacial score (nSPS) is 10.2. The van der Waals surface area contributed by atoms with E-state index in [-0.39, 0.29) is 0 Å². The van der Waals surface area contributed by atoms with E-state index in [1.165, 1.54) is 13.2 Å². The number of aryl methyl sites for hydroxylation is 1. The predicted octanol–water partition coefficient (Wildman–Crippen LogP) is 1.61. The first kappa shape index (κ1) is 16.8. The van der Waals surface area contributed by atoms with Gasteiger partial charge in [0.2, 0.25) is 0 Å². The van der Waals surface area contributed by atoms with E-state index in [1.807, 2.05) is 11.5 Å². The van der Waals surface area contributed by atoms with Crippen molar-refractivity contribution in [1.29, 1.82) is 0 Å². The largest absolute Gasteiger partial charge is 0.495 e. The second-order valence-corrected chi connectivity index (χ2v) is 5.16. The number of anilines is 1. The number of ether oxygens (including phenoxy) is 1. The first-order chi connectivity index (χ1) is 11.0. The van der Waals surface area contributed by atoms with Crippen LogP contribution < -0.4 is 15.4 Å². The zero-order chi connectivity index (χ0) is 16.8. The second kappa shape index (κ2) is 7.64. The number of aromatic nitrogens is 2. The van der Waals surface area contributed by atoms with Gasteiger partial charge in [-0.15, -0.1) is 0 Å². The van der Waals surface area contributed by atoms with Crippen LogP contribution in [-0.4, -0.2) is 35.0 Å². The quantitative estimate of drug-likeness (QED) is 0.812. The van der Waals surface area contributed by atoms with Gasteiger partial charge in [0.1, 0.15) is 11.6 Å². The number of hydrogen-bond donors (Lipinski definition) is 2. The third kappa shape index (κ3) is 4.46. The molecule has 0 saturated heterocycles. The minimum atomic E-state index is -0.784. The van der Waals surface area contributed by atoms with E-state index in [9.17, 15) is 9.59 Å². The van der Waals surface area contributed by atoms with Gasteiger partial charge < -0.3 is 19.9 Å². The lowest BCUT2D eigenvalue weighted by molar-refractivity contribution is -0.136. The van der Waals surface area contributed by atoms with Crippen LogP contribution in [0.5, 0.6) is 5.75 Å². The van der Waals surface area contributed by atoms with E-state index in [0.29, 0.717) is 29.5 Å². The highest BCUT2D eigenvalue weighted by atomic mass is 35.5. The molecule has 1 heterocycles. The molecule has 0 spiro atoms. The van der Waals surface area contributed by atoms with E-state index in [0.717, 1.165) is 5.82 Å². The van der Waals surface area contributed by atoms with Crippen LogP contribution in [0.2, 0.25) is 5.02 Å². The Morgan fingerprint density at radius 2 is 2.13 bits per heavy atom. The summed E-state index contributed by atoms with van der Waals surface area (Å²) in [5, 5.41) is 5.45. The van der Waals surface area contributed by atoms with Crippen molar-refractivity contribution in [3.8, 4) is 5.75 Å². The fourth-order valence-corrected chi connectivity index (χ4v) is 2.14. The van der Waals surface area contributed by atoms with Gasteiger partial charge >= 0.3 is 11.8 Å². The Labute approximate surface area is 138 Å². The molecule has 0 atom stereocenters. The lowest BCUT2D eigenvalue weighted by atomic mass is 10.3. The summed E-state index contributed by atoms with van der Waals surface area (Å²) in [5.74, 6) is -0.255. The summed E-state index contributed by atoms with van der Waals surface area (Å²) in [7, 11) is 1.46. The van der Waals surface area contributed by atoms with Gasteiger partial charge in [-0.1, -0.05) is 11.6 Å². The van der Waals surface area contributed by atoms with Crippen LogP contribution in [-0.2, 0) is 16.1 Å². The Hall–Kier alpha value is -2.54. The number of carbonyl (C=O) groups excluding carboxylic acids is 2. The zero-order valence-electron chi connectivity index (χ0n) is 12.8. The molecule has 23 heavy (non-hydrogen) atoms. The van der Waals surface area contributed by atoms with Crippen molar-refractivity contribution in [2.45, 2.75) is 13.5 Å². The maximum Gasteiger partial charge on any atom is 0.313 e. The molecule has 0 saturated carbocycles. The Balaban J connectivity index is 1.89. The third-order valence-electron chi connectivity index (χ3n) is 3.18. The number of hydrogen-bond acceptors (Lipinski definition) is 4. The number of nitrogens with one attached hydrogen (secondary N) is 2. The van der Waals surface area contributed by atoms with Gasteiger partial charge in [0, 0.05) is 30.5 Å². The van der Waals surface area contributed by atoms with Crippen LogP contribution in [0.4, 0.5) is 5.69 Å². The molecule has 0 bridgehead atoms. The summed E-state index contributed by atoms with van der Waals surface area (Å²) in [6.07, 6.45) is 3.48. The number of amides is 2. The third-order valence-corrected chi connectivity index (χ3v) is 3.41. The van der Waals surface area contributed by atoms with Crippen molar-refractivity contribution < 1.29 is 14.3 Å². The number of imidazole rings is 1. The molecule has 0 aliphatic carbocycles. The van der Waals surface area contributed by atoms with Crippen LogP contribution in [0.25, 0.3) is 0 Å². The molecule has 7 nitrogen and oxygen atoms in total. The molecule has 8 heteroatoms. The number of halogens is 1. The molecule has 122 valence electrons. The lowest BCUT2D eigenvalue weighted by Gasteiger charge is -2.11. The topological polar surface area (TPSA) is 85.2 Å². The van der Waals surface area contributed by atoms with Crippen LogP contribution in [0, 0.1) is 6.92 Å². The summed E-state index contributed by atoms with van der Waals surface area (Å²) >= 11 is 5.88. The van der Waals surface area contributed by atoms with Gasteiger partial charge in [0.25, 0.3) is 0 Å². The molecular formula is C15H17ClN4O3. The first-order valence-corrected chi connectivity index (χ1v) is 7.29. The highest BCUT2D eigenvalue weighted by Crippen LogP contribution is 2.27. The average Bonchev–Trinajstić information content (AvgIpc) is 2.92. The number of rotatable bonds is 5. The molecule has 2 amide bonds. The minimum absolute atomic E-state index is 0.316. The summed E-state index contributed by atoms with van der Waals surface area (Å²) < 4.78 is 6.98. The standard InChI is InChI=1S/C15H17ClN4O3/c1-10-17-5-7-20(10)8-6-18-14(21)15(22)19-12-9-11(16)3-4-13(12)23-2/h3-5,7,9H,6,8H2,1-2H3,(H,18,21)(H,19,22). The van der Waals surface area contributed by atoms with E-state index in [1.54, 1.807) is 24.5 Å². The molecule has 1 aromatic carbocycles. The van der Waals surface area contributed by atoms with Gasteiger partial charge in [-0.2, -0.15) is 0 Å². The maximum absolute atomic E-state index is 11.9. The zero-order valence-corrected chi connectivity index (χ0v) is 13.6. The second-order valence-electron chi connectivity index (χ2n) is 4.72. The molecule has 0 aliphatic heterocycles. The summed E-state index contributed by atoms with van der Waals surface area (Å²) in [6.45, 7) is 2.71. The fourth-order valence-electron chi connectivity index (χ4n) is 1.97. The highest BCUT2D eigenvalue weighted by Gasteiger charge is 2.15. The molecule has 2 N–H and O–H groups in total. The maximum atomic E-state index is 11.9. The van der Waals surface area contributed by atoms with Crippen LogP contribution >= 0.6 is 11.6 Å². The molecule has 2 rings (SSSR count). The van der Waals surface area contributed by atoms with E-state index < -0.39 is 11.8 Å². The predicted molar refractivity (Wildman–Crippen MR) is 86.6 cm³/mol. The van der Waals surface area contributed by atoms with Gasteiger partial charge in [-0.3, -0.25) is 9.59 Å². The fraction of sp³-hybridized carbons (Fsp3) is 0.267. The summed E-state index contributed by atoms with van der Waals surface area (Å²) in [5.41, 5.74) is 0.339. The Morgan fingerprint density at radius 3 is 2.78 bits per heavy atom. The van der Waals surface area contributed by atoms with Crippen molar-refractivity contribution >= 4 is 29.1 Å². The highest BCUT2D eigenvalue weighted by molar-refractivity contribution is 6.40. The SMILES string of the molecule is COc1ccc(Cl)cc1NC(=O)C(=O)NCCn1ccnc1C. The smallest absolute Gasteiger partial charge is 0.313 e. The van der Waals surface area contributed by atoms with E-state index >= 15 is 0 Å². The number of nitrogens with zero attached hydrogens (tertiary/aromatic N) is 2. The van der Waals surface area contributed by atoms with E-state index in [4.69, 9.17) is 16.3 Å². The van der Waals surface area contributed by atoms with Crippen molar-refractivity contribution in [3.05, 3.63) is 41.4 Å². The van der Waals surface area contributed by atoms with Crippen molar-refractivity contribution in [2.24, 2.45) is 0 Å². The molecule has 0 radical (unpaired) electrons. The van der Waals surface area contributed by atoms with Gasteiger partial charge in [0.15, 0.2) is 0 Å². The number of methoxy groups -OCH3 is 1. The van der Waals surface area contributed by atoms with Gasteiger partial charge in [-0.25, -0.2) is 4.98 Å². The number of carbonyl (C=O) groups is 2. The Kier molecular flexibility index (Phi) is 5.59. The van der Waals surface area contributed by atoms with Gasteiger partial charge in [-0.05, 0) is 25.1 Å². The minimum Gasteiger partial charge on any atom is -0.495 e. The van der Waals surface area contributed by atoms with Gasteiger partial charge in [0.05, 0.1) is 12.8 Å². The van der Waals surface area contributed by atoms with Crippen molar-refractivity contribution in [1.82, 2.24) is 14.9 Å².